The van der Waals surface area contributed by atoms with Gasteiger partial charge < -0.3 is 5.32 Å². The number of anilines is 1. The molecule has 4 rings (SSSR count). The molecule has 0 atom stereocenters. The zero-order chi connectivity index (χ0) is 17.8. The Morgan fingerprint density at radius 2 is 1.92 bits per heavy atom. The molecule has 0 aliphatic carbocycles. The van der Waals surface area contributed by atoms with Crippen LogP contribution in [0.4, 0.5) is 5.69 Å². The highest BCUT2D eigenvalue weighted by atomic mass is 32.1. The first kappa shape index (κ1) is 16.0. The van der Waals surface area contributed by atoms with Gasteiger partial charge in [-0.15, -0.1) is 11.3 Å². The number of aromatic nitrogens is 4. The molecule has 0 saturated carbocycles. The van der Waals surface area contributed by atoms with Crippen molar-refractivity contribution in [3.63, 3.8) is 0 Å². The number of pyridine rings is 1. The molecular formula is C19H13N5OS. The summed E-state index contributed by atoms with van der Waals surface area (Å²) in [5.74, 6) is -0.303. The van der Waals surface area contributed by atoms with Crippen molar-refractivity contribution in [2.45, 2.75) is 0 Å². The Labute approximate surface area is 153 Å². The van der Waals surface area contributed by atoms with Gasteiger partial charge in [0.1, 0.15) is 10.7 Å². The predicted molar refractivity (Wildman–Crippen MR) is 101 cm³/mol. The molecule has 0 fully saturated rings. The number of hydrogen-bond donors (Lipinski definition) is 1. The number of carbonyl (C=O) groups is 1. The highest BCUT2D eigenvalue weighted by Gasteiger charge is 2.10. The van der Waals surface area contributed by atoms with Crippen molar-refractivity contribution in [2.24, 2.45) is 0 Å². The second-order valence-electron chi connectivity index (χ2n) is 5.38. The Morgan fingerprint density at radius 3 is 2.73 bits per heavy atom. The lowest BCUT2D eigenvalue weighted by Gasteiger charge is -2.06. The summed E-state index contributed by atoms with van der Waals surface area (Å²) in [7, 11) is 0. The average molecular weight is 359 g/mol. The second kappa shape index (κ2) is 7.20. The molecule has 0 saturated heterocycles. The highest BCUT2D eigenvalue weighted by molar-refractivity contribution is 7.13. The van der Waals surface area contributed by atoms with Crippen LogP contribution in [-0.2, 0) is 0 Å². The number of benzene rings is 1. The molecule has 7 heteroatoms. The Morgan fingerprint density at radius 1 is 0.962 bits per heavy atom. The fraction of sp³-hybridized carbons (Fsp3) is 0. The maximum Gasteiger partial charge on any atom is 0.275 e. The first-order valence-corrected chi connectivity index (χ1v) is 8.72. The number of amides is 1. The lowest BCUT2D eigenvalue weighted by molar-refractivity contribution is 0.102. The van der Waals surface area contributed by atoms with Crippen LogP contribution in [0.15, 0.2) is 72.6 Å². The van der Waals surface area contributed by atoms with Crippen LogP contribution < -0.4 is 5.32 Å². The molecule has 1 amide bonds. The summed E-state index contributed by atoms with van der Waals surface area (Å²) >= 11 is 1.53. The first-order valence-electron chi connectivity index (χ1n) is 7.84. The standard InChI is InChI=1S/C19H13N5OS/c25-18(16-11-20-8-9-22-16)23-14-5-3-4-13(10-14)17-12-26-19(24-17)15-6-1-2-7-21-15/h1-12H,(H,23,25). The van der Waals surface area contributed by atoms with Gasteiger partial charge in [0.05, 0.1) is 17.6 Å². The Hall–Kier alpha value is -3.45. The van der Waals surface area contributed by atoms with Crippen LogP contribution in [0.3, 0.4) is 0 Å². The summed E-state index contributed by atoms with van der Waals surface area (Å²) in [4.78, 5) is 29.1. The number of nitrogens with one attached hydrogen (secondary N) is 1. The molecule has 0 radical (unpaired) electrons. The molecule has 0 unspecified atom stereocenters. The van der Waals surface area contributed by atoms with E-state index in [0.717, 1.165) is 22.0 Å². The van der Waals surface area contributed by atoms with Crippen molar-refractivity contribution in [3.8, 4) is 22.0 Å². The van der Waals surface area contributed by atoms with Gasteiger partial charge in [-0.3, -0.25) is 14.8 Å². The van der Waals surface area contributed by atoms with E-state index in [4.69, 9.17) is 0 Å². The molecule has 0 aliphatic heterocycles. The number of carbonyl (C=O) groups excluding carboxylic acids is 1. The minimum atomic E-state index is -0.303. The molecule has 0 aliphatic rings. The minimum absolute atomic E-state index is 0.268. The summed E-state index contributed by atoms with van der Waals surface area (Å²) in [5.41, 5.74) is 3.54. The van der Waals surface area contributed by atoms with Crippen LogP contribution >= 0.6 is 11.3 Å². The van der Waals surface area contributed by atoms with Gasteiger partial charge in [0.2, 0.25) is 0 Å². The summed E-state index contributed by atoms with van der Waals surface area (Å²) < 4.78 is 0. The first-order chi connectivity index (χ1) is 12.8. The third kappa shape index (κ3) is 3.47. The van der Waals surface area contributed by atoms with E-state index in [1.165, 1.54) is 29.9 Å². The van der Waals surface area contributed by atoms with E-state index < -0.39 is 0 Å². The van der Waals surface area contributed by atoms with Gasteiger partial charge in [-0.2, -0.15) is 0 Å². The molecule has 0 bridgehead atoms. The topological polar surface area (TPSA) is 80.7 Å². The molecule has 3 aromatic heterocycles. The smallest absolute Gasteiger partial charge is 0.275 e. The van der Waals surface area contributed by atoms with Gasteiger partial charge in [0, 0.05) is 35.2 Å². The molecule has 26 heavy (non-hydrogen) atoms. The van der Waals surface area contributed by atoms with E-state index in [9.17, 15) is 4.79 Å². The molecule has 1 aromatic carbocycles. The average Bonchev–Trinajstić information content (AvgIpc) is 3.20. The van der Waals surface area contributed by atoms with E-state index in [2.05, 4.69) is 25.3 Å². The van der Waals surface area contributed by atoms with Crippen molar-refractivity contribution >= 4 is 22.9 Å². The van der Waals surface area contributed by atoms with E-state index in [1.54, 1.807) is 6.20 Å². The van der Waals surface area contributed by atoms with Crippen LogP contribution in [0.25, 0.3) is 22.0 Å². The zero-order valence-corrected chi connectivity index (χ0v) is 14.4. The predicted octanol–water partition coefficient (Wildman–Crippen LogP) is 3.91. The molecule has 6 nitrogen and oxygen atoms in total. The van der Waals surface area contributed by atoms with Crippen LogP contribution in [0, 0.1) is 0 Å². The summed E-state index contributed by atoms with van der Waals surface area (Å²) in [6.07, 6.45) is 6.19. The fourth-order valence-corrected chi connectivity index (χ4v) is 3.19. The van der Waals surface area contributed by atoms with Crippen molar-refractivity contribution in [1.82, 2.24) is 19.9 Å². The molecular weight excluding hydrogens is 346 g/mol. The van der Waals surface area contributed by atoms with E-state index in [1.807, 2.05) is 47.8 Å². The Kier molecular flexibility index (Phi) is 4.44. The largest absolute Gasteiger partial charge is 0.321 e. The number of thiazole rings is 1. The maximum atomic E-state index is 12.2. The summed E-state index contributed by atoms with van der Waals surface area (Å²) in [5, 5.41) is 5.66. The zero-order valence-electron chi connectivity index (χ0n) is 13.5. The SMILES string of the molecule is O=C(Nc1cccc(-c2csc(-c3ccccn3)n2)c1)c1cnccn1. The fourth-order valence-electron chi connectivity index (χ4n) is 2.38. The molecule has 126 valence electrons. The van der Waals surface area contributed by atoms with Gasteiger partial charge in [-0.05, 0) is 24.3 Å². The molecule has 0 spiro atoms. The number of hydrogen-bond acceptors (Lipinski definition) is 6. The summed E-state index contributed by atoms with van der Waals surface area (Å²) in [6, 6.07) is 13.3. The van der Waals surface area contributed by atoms with E-state index in [0.29, 0.717) is 5.69 Å². The van der Waals surface area contributed by atoms with Gasteiger partial charge in [0.25, 0.3) is 5.91 Å². The molecule has 4 aromatic rings. The van der Waals surface area contributed by atoms with Crippen LogP contribution in [-0.4, -0.2) is 25.8 Å². The van der Waals surface area contributed by atoms with Gasteiger partial charge in [-0.1, -0.05) is 18.2 Å². The normalized spacial score (nSPS) is 10.5. The third-order valence-corrected chi connectivity index (χ3v) is 4.47. The monoisotopic (exact) mass is 359 g/mol. The quantitative estimate of drug-likeness (QED) is 0.597. The summed E-state index contributed by atoms with van der Waals surface area (Å²) in [6.45, 7) is 0. The van der Waals surface area contributed by atoms with Crippen molar-refractivity contribution in [1.29, 1.82) is 0 Å². The maximum absolute atomic E-state index is 12.2. The third-order valence-electron chi connectivity index (χ3n) is 3.60. The van der Waals surface area contributed by atoms with Crippen molar-refractivity contribution in [2.75, 3.05) is 5.32 Å². The van der Waals surface area contributed by atoms with E-state index >= 15 is 0 Å². The number of nitrogens with zero attached hydrogens (tertiary/aromatic N) is 4. The van der Waals surface area contributed by atoms with E-state index in [-0.39, 0.29) is 11.6 Å². The van der Waals surface area contributed by atoms with Crippen LogP contribution in [0.1, 0.15) is 10.5 Å². The van der Waals surface area contributed by atoms with Crippen LogP contribution in [0.5, 0.6) is 0 Å². The van der Waals surface area contributed by atoms with Gasteiger partial charge in [0.15, 0.2) is 0 Å². The number of rotatable bonds is 4. The molecule has 1 N–H and O–H groups in total. The Bertz CT molecular complexity index is 1030. The second-order valence-corrected chi connectivity index (χ2v) is 6.24. The van der Waals surface area contributed by atoms with Crippen molar-refractivity contribution < 1.29 is 4.79 Å². The molecule has 3 heterocycles. The lowest BCUT2D eigenvalue weighted by atomic mass is 10.1. The van der Waals surface area contributed by atoms with Crippen molar-refractivity contribution in [3.05, 3.63) is 78.3 Å². The van der Waals surface area contributed by atoms with Gasteiger partial charge in [-0.25, -0.2) is 9.97 Å². The van der Waals surface area contributed by atoms with Crippen LogP contribution in [0.2, 0.25) is 0 Å². The lowest BCUT2D eigenvalue weighted by Crippen LogP contribution is -2.13. The highest BCUT2D eigenvalue weighted by Crippen LogP contribution is 2.29. The Balaban J connectivity index is 1.57. The minimum Gasteiger partial charge on any atom is -0.321 e. The van der Waals surface area contributed by atoms with Gasteiger partial charge >= 0.3 is 0 Å².